The molecule has 0 aliphatic heterocycles. The first-order chi connectivity index (χ1) is 8.70. The van der Waals surface area contributed by atoms with E-state index in [0.717, 1.165) is 45.7 Å². The van der Waals surface area contributed by atoms with Crippen molar-refractivity contribution in [3.05, 3.63) is 27.3 Å². The van der Waals surface area contributed by atoms with Crippen LogP contribution in [0.15, 0.2) is 12.1 Å². The number of hydrogen-bond acceptors (Lipinski definition) is 7. The zero-order valence-corrected chi connectivity index (χ0v) is 11.4. The fourth-order valence-corrected chi connectivity index (χ4v) is 3.08. The second kappa shape index (κ2) is 5.98. The molecule has 2 aromatic heterocycles. The summed E-state index contributed by atoms with van der Waals surface area (Å²) in [7, 11) is 0. The Kier molecular flexibility index (Phi) is 4.34. The molecule has 0 aromatic carbocycles. The van der Waals surface area contributed by atoms with E-state index in [9.17, 15) is 10.1 Å². The van der Waals surface area contributed by atoms with Crippen LogP contribution < -0.4 is 5.32 Å². The van der Waals surface area contributed by atoms with E-state index in [4.69, 9.17) is 0 Å². The minimum absolute atomic E-state index is 0.134. The summed E-state index contributed by atoms with van der Waals surface area (Å²) in [5, 5.41) is 23.8. The lowest BCUT2D eigenvalue weighted by atomic mass is 10.4. The highest BCUT2D eigenvalue weighted by Gasteiger charge is 2.14. The summed E-state index contributed by atoms with van der Waals surface area (Å²) in [5.41, 5.74) is 0. The predicted molar refractivity (Wildman–Crippen MR) is 72.1 cm³/mol. The van der Waals surface area contributed by atoms with Gasteiger partial charge < -0.3 is 5.32 Å². The SMILES string of the molecule is CCNCCc1nnc(-c2ccc([N+](=O)[O-])s2)s1. The van der Waals surface area contributed by atoms with Gasteiger partial charge in [0.25, 0.3) is 0 Å². The van der Waals surface area contributed by atoms with Crippen LogP contribution in [0.1, 0.15) is 11.9 Å². The number of hydrogen-bond donors (Lipinski definition) is 1. The molecular weight excluding hydrogens is 272 g/mol. The van der Waals surface area contributed by atoms with Crippen molar-refractivity contribution < 1.29 is 4.92 Å². The predicted octanol–water partition coefficient (Wildman–Crippen LogP) is 2.33. The fourth-order valence-electron chi connectivity index (χ4n) is 1.37. The Hall–Kier alpha value is -1.38. The smallest absolute Gasteiger partial charge is 0.317 e. The van der Waals surface area contributed by atoms with E-state index in [-0.39, 0.29) is 9.92 Å². The normalized spacial score (nSPS) is 10.7. The average Bonchev–Trinajstić information content (AvgIpc) is 2.97. The summed E-state index contributed by atoms with van der Waals surface area (Å²) in [5.74, 6) is 0. The first-order valence-corrected chi connectivity index (χ1v) is 7.11. The van der Waals surface area contributed by atoms with Gasteiger partial charge in [-0.1, -0.05) is 29.6 Å². The van der Waals surface area contributed by atoms with Gasteiger partial charge in [0.15, 0.2) is 5.01 Å². The van der Waals surface area contributed by atoms with Crippen molar-refractivity contribution in [2.75, 3.05) is 13.1 Å². The van der Waals surface area contributed by atoms with Gasteiger partial charge >= 0.3 is 5.00 Å². The minimum Gasteiger partial charge on any atom is -0.317 e. The first-order valence-electron chi connectivity index (χ1n) is 5.48. The van der Waals surface area contributed by atoms with Crippen LogP contribution in [0.3, 0.4) is 0 Å². The van der Waals surface area contributed by atoms with Crippen molar-refractivity contribution in [3.8, 4) is 9.88 Å². The van der Waals surface area contributed by atoms with Crippen LogP contribution in [0.25, 0.3) is 9.88 Å². The molecule has 2 aromatic rings. The lowest BCUT2D eigenvalue weighted by molar-refractivity contribution is -0.380. The second-order valence-corrected chi connectivity index (χ2v) is 5.62. The molecule has 0 fully saturated rings. The van der Waals surface area contributed by atoms with Gasteiger partial charge in [0.05, 0.1) is 9.80 Å². The quantitative estimate of drug-likeness (QED) is 0.500. The summed E-state index contributed by atoms with van der Waals surface area (Å²) in [6.45, 7) is 3.86. The first kappa shape index (κ1) is 13.1. The Morgan fingerprint density at radius 2 is 2.22 bits per heavy atom. The van der Waals surface area contributed by atoms with Gasteiger partial charge in [0, 0.05) is 19.0 Å². The van der Waals surface area contributed by atoms with E-state index in [0.29, 0.717) is 0 Å². The maximum absolute atomic E-state index is 10.6. The van der Waals surface area contributed by atoms with Crippen LogP contribution in [0.5, 0.6) is 0 Å². The highest BCUT2D eigenvalue weighted by Crippen LogP contribution is 2.34. The Morgan fingerprint density at radius 1 is 1.39 bits per heavy atom. The van der Waals surface area contributed by atoms with Gasteiger partial charge in [-0.3, -0.25) is 10.1 Å². The Morgan fingerprint density at radius 3 is 2.89 bits per heavy atom. The molecule has 0 aliphatic rings. The number of nitro groups is 1. The molecule has 0 aliphatic carbocycles. The Balaban J connectivity index is 2.06. The molecule has 18 heavy (non-hydrogen) atoms. The van der Waals surface area contributed by atoms with Crippen molar-refractivity contribution in [2.45, 2.75) is 13.3 Å². The van der Waals surface area contributed by atoms with Crippen LogP contribution in [-0.2, 0) is 6.42 Å². The lowest BCUT2D eigenvalue weighted by Crippen LogP contribution is -2.15. The lowest BCUT2D eigenvalue weighted by Gasteiger charge is -1.95. The molecule has 0 bridgehead atoms. The number of thiophene rings is 1. The molecular formula is C10H12N4O2S2. The summed E-state index contributed by atoms with van der Waals surface area (Å²) < 4.78 is 0. The third kappa shape index (κ3) is 3.09. The molecule has 0 atom stereocenters. The topological polar surface area (TPSA) is 81.0 Å². The number of aromatic nitrogens is 2. The van der Waals surface area contributed by atoms with Gasteiger partial charge in [0.2, 0.25) is 0 Å². The highest BCUT2D eigenvalue weighted by atomic mass is 32.1. The summed E-state index contributed by atoms with van der Waals surface area (Å²) >= 11 is 2.62. The molecule has 1 N–H and O–H groups in total. The zero-order valence-electron chi connectivity index (χ0n) is 9.75. The van der Waals surface area contributed by atoms with E-state index >= 15 is 0 Å². The molecule has 96 valence electrons. The molecule has 6 nitrogen and oxygen atoms in total. The summed E-state index contributed by atoms with van der Waals surface area (Å²) in [4.78, 5) is 11.0. The number of nitrogens with one attached hydrogen (secondary N) is 1. The van der Waals surface area contributed by atoms with Crippen molar-refractivity contribution in [2.24, 2.45) is 0 Å². The third-order valence-electron chi connectivity index (χ3n) is 2.22. The molecule has 0 unspecified atom stereocenters. The van der Waals surface area contributed by atoms with Gasteiger partial charge in [-0.25, -0.2) is 0 Å². The molecule has 0 amide bonds. The molecule has 0 saturated heterocycles. The van der Waals surface area contributed by atoms with E-state index in [1.165, 1.54) is 17.4 Å². The summed E-state index contributed by atoms with van der Waals surface area (Å²) in [6.07, 6.45) is 0.832. The number of nitrogens with zero attached hydrogens (tertiary/aromatic N) is 3. The average molecular weight is 284 g/mol. The van der Waals surface area contributed by atoms with Gasteiger partial charge in [-0.05, 0) is 12.6 Å². The Labute approximate surface area is 112 Å². The monoisotopic (exact) mass is 284 g/mol. The van der Waals surface area contributed by atoms with Crippen LogP contribution in [0.2, 0.25) is 0 Å². The maximum Gasteiger partial charge on any atom is 0.324 e. The molecule has 0 saturated carbocycles. The van der Waals surface area contributed by atoms with Crippen LogP contribution in [0, 0.1) is 10.1 Å². The second-order valence-electron chi connectivity index (χ2n) is 3.50. The van der Waals surface area contributed by atoms with Crippen molar-refractivity contribution in [3.63, 3.8) is 0 Å². The third-order valence-corrected chi connectivity index (χ3v) is 4.40. The minimum atomic E-state index is -0.388. The standard InChI is InChI=1S/C10H12N4O2S2/c1-2-11-6-5-8-12-13-10(18-8)7-3-4-9(17-7)14(15)16/h3-4,11H,2,5-6H2,1H3. The molecule has 0 spiro atoms. The highest BCUT2D eigenvalue weighted by molar-refractivity contribution is 7.23. The van der Waals surface area contributed by atoms with Crippen LogP contribution in [-0.4, -0.2) is 28.2 Å². The van der Waals surface area contributed by atoms with Crippen LogP contribution >= 0.6 is 22.7 Å². The largest absolute Gasteiger partial charge is 0.324 e. The molecule has 2 rings (SSSR count). The number of rotatable bonds is 6. The van der Waals surface area contributed by atoms with Gasteiger partial charge in [0.1, 0.15) is 5.01 Å². The maximum atomic E-state index is 10.6. The van der Waals surface area contributed by atoms with E-state index in [2.05, 4.69) is 22.4 Å². The van der Waals surface area contributed by atoms with E-state index in [1.807, 2.05) is 0 Å². The zero-order chi connectivity index (χ0) is 13.0. The van der Waals surface area contributed by atoms with E-state index in [1.54, 1.807) is 6.07 Å². The number of likely N-dealkylation sites (N-methyl/N-ethyl adjacent to an activating group) is 1. The van der Waals surface area contributed by atoms with Crippen LogP contribution in [0.4, 0.5) is 5.00 Å². The molecule has 0 radical (unpaired) electrons. The van der Waals surface area contributed by atoms with Crippen molar-refractivity contribution in [1.29, 1.82) is 0 Å². The van der Waals surface area contributed by atoms with E-state index < -0.39 is 0 Å². The van der Waals surface area contributed by atoms with Crippen molar-refractivity contribution >= 4 is 27.7 Å². The molecule has 8 heteroatoms. The summed E-state index contributed by atoms with van der Waals surface area (Å²) in [6, 6.07) is 3.22. The van der Waals surface area contributed by atoms with Gasteiger partial charge in [-0.15, -0.1) is 10.2 Å². The Bertz CT molecular complexity index is 537. The van der Waals surface area contributed by atoms with Gasteiger partial charge in [-0.2, -0.15) is 0 Å². The fraction of sp³-hybridized carbons (Fsp3) is 0.400. The molecule has 2 heterocycles. The van der Waals surface area contributed by atoms with Crippen molar-refractivity contribution in [1.82, 2.24) is 15.5 Å².